The van der Waals surface area contributed by atoms with Crippen LogP contribution in [-0.4, -0.2) is 29.7 Å². The lowest BCUT2D eigenvalue weighted by atomic mass is 9.99. The average Bonchev–Trinajstić information content (AvgIpc) is 2.64. The summed E-state index contributed by atoms with van der Waals surface area (Å²) in [6, 6.07) is 15.4. The van der Waals surface area contributed by atoms with E-state index in [1.807, 2.05) is 48.5 Å². The highest BCUT2D eigenvalue weighted by Crippen LogP contribution is 2.32. The minimum atomic E-state index is 0.510. The highest BCUT2D eigenvalue weighted by molar-refractivity contribution is 7.90. The maximum atomic E-state index is 5.53. The lowest BCUT2D eigenvalue weighted by Gasteiger charge is -2.19. The van der Waals surface area contributed by atoms with E-state index in [4.69, 9.17) is 34.4 Å². The Morgan fingerprint density at radius 2 is 0.750 bits per heavy atom. The number of hydrogen-bond donors (Lipinski definition) is 0. The van der Waals surface area contributed by atoms with Gasteiger partial charge in [-0.1, -0.05) is 48.7 Å². The predicted molar refractivity (Wildman–Crippen MR) is 101 cm³/mol. The van der Waals surface area contributed by atoms with Crippen LogP contribution in [0.1, 0.15) is 11.4 Å². The maximum Gasteiger partial charge on any atom is 0.119 e. The molecular formula is C18H8N4S2. The van der Waals surface area contributed by atoms with Gasteiger partial charge in [-0.05, 0) is 24.3 Å². The van der Waals surface area contributed by atoms with Crippen molar-refractivity contribution in [3.63, 3.8) is 0 Å². The van der Waals surface area contributed by atoms with Gasteiger partial charge in [-0.25, -0.2) is 19.9 Å². The molecule has 0 unspecified atom stereocenters. The van der Waals surface area contributed by atoms with Crippen molar-refractivity contribution in [3.8, 4) is 11.4 Å². The molecule has 0 bridgehead atoms. The fourth-order valence-electron chi connectivity index (χ4n) is 2.86. The molecule has 2 aromatic carbocycles. The molecule has 0 amide bonds. The van der Waals surface area contributed by atoms with Crippen molar-refractivity contribution in [2.45, 2.75) is 0 Å². The summed E-state index contributed by atoms with van der Waals surface area (Å²) >= 11 is 11.1. The number of fused-ring (bicyclic) bond motifs is 5. The summed E-state index contributed by atoms with van der Waals surface area (Å²) in [7, 11) is 0. The summed E-state index contributed by atoms with van der Waals surface area (Å²) < 4.78 is 0. The highest BCUT2D eigenvalue weighted by atomic mass is 32.1. The monoisotopic (exact) mass is 344 g/mol. The number of benzene rings is 2. The lowest BCUT2D eigenvalue weighted by Crippen LogP contribution is -2.24. The Kier molecular flexibility index (Phi) is 2.80. The summed E-state index contributed by atoms with van der Waals surface area (Å²) in [6.45, 7) is 0. The van der Waals surface area contributed by atoms with Gasteiger partial charge in [0.1, 0.15) is 22.8 Å². The Morgan fingerprint density at radius 3 is 1.08 bits per heavy atom. The van der Waals surface area contributed by atoms with Gasteiger partial charge in [0, 0.05) is 0 Å². The van der Waals surface area contributed by atoms with Crippen molar-refractivity contribution in [2.75, 3.05) is 0 Å². The molecule has 4 aromatic rings. The third-order valence-electron chi connectivity index (χ3n) is 4.00. The van der Waals surface area contributed by atoms with E-state index in [2.05, 4.69) is 9.97 Å². The fourth-order valence-corrected chi connectivity index (χ4v) is 3.34. The molecule has 5 rings (SSSR count). The third kappa shape index (κ3) is 1.84. The SMILES string of the molecule is S=C1C(=S)c2nc3ccccc3nc2-c2nc3ccccc3nc21. The molecule has 0 fully saturated rings. The summed E-state index contributed by atoms with van der Waals surface area (Å²) in [5.41, 5.74) is 5.72. The molecule has 0 saturated heterocycles. The standard InChI is InChI=1S/C18H8N4S2/c23-17-15-13(19-9-5-1-3-7-11(9)21-15)14-16(18(17)24)22-12-8-4-2-6-10(12)20-14/h1-8H. The lowest BCUT2D eigenvalue weighted by molar-refractivity contribution is 1.20. The Labute approximate surface area is 147 Å². The van der Waals surface area contributed by atoms with Gasteiger partial charge in [0.05, 0.1) is 31.8 Å². The van der Waals surface area contributed by atoms with Crippen LogP contribution in [0.5, 0.6) is 0 Å². The van der Waals surface area contributed by atoms with Gasteiger partial charge in [0.2, 0.25) is 0 Å². The molecule has 1 aliphatic carbocycles. The van der Waals surface area contributed by atoms with Gasteiger partial charge in [-0.3, -0.25) is 0 Å². The zero-order chi connectivity index (χ0) is 16.3. The quantitative estimate of drug-likeness (QED) is 0.454. The molecule has 4 nitrogen and oxygen atoms in total. The Balaban J connectivity index is 1.93. The Morgan fingerprint density at radius 1 is 0.458 bits per heavy atom. The summed E-state index contributed by atoms with van der Waals surface area (Å²) in [6.07, 6.45) is 0. The van der Waals surface area contributed by atoms with Gasteiger partial charge in [-0.15, -0.1) is 0 Å². The van der Waals surface area contributed by atoms with E-state index in [0.29, 0.717) is 32.5 Å². The van der Waals surface area contributed by atoms with Crippen LogP contribution in [0.4, 0.5) is 0 Å². The average molecular weight is 344 g/mol. The topological polar surface area (TPSA) is 51.6 Å². The number of nitrogens with zero attached hydrogens (tertiary/aromatic N) is 4. The summed E-state index contributed by atoms with van der Waals surface area (Å²) in [5, 5.41) is 0. The number of rotatable bonds is 0. The van der Waals surface area contributed by atoms with Gasteiger partial charge < -0.3 is 0 Å². The fraction of sp³-hybridized carbons (Fsp3) is 0. The van der Waals surface area contributed by atoms with E-state index in [0.717, 1.165) is 22.1 Å². The van der Waals surface area contributed by atoms with Crippen LogP contribution >= 0.6 is 24.4 Å². The second kappa shape index (κ2) is 4.90. The van der Waals surface area contributed by atoms with Crippen LogP contribution in [0.3, 0.4) is 0 Å². The van der Waals surface area contributed by atoms with Crippen molar-refractivity contribution in [3.05, 3.63) is 59.9 Å². The van der Waals surface area contributed by atoms with Crippen molar-refractivity contribution in [1.29, 1.82) is 0 Å². The molecule has 112 valence electrons. The maximum absolute atomic E-state index is 5.53. The van der Waals surface area contributed by atoms with Gasteiger partial charge in [0.25, 0.3) is 0 Å². The second-order valence-electron chi connectivity index (χ2n) is 5.48. The first-order valence-electron chi connectivity index (χ1n) is 7.35. The molecule has 0 radical (unpaired) electrons. The summed E-state index contributed by atoms with van der Waals surface area (Å²) in [4.78, 5) is 19.8. The molecule has 2 aromatic heterocycles. The van der Waals surface area contributed by atoms with E-state index in [1.54, 1.807) is 0 Å². The largest absolute Gasteiger partial charge is 0.243 e. The molecule has 6 heteroatoms. The van der Waals surface area contributed by atoms with E-state index >= 15 is 0 Å². The zero-order valence-electron chi connectivity index (χ0n) is 12.2. The Hall–Kier alpha value is -2.70. The van der Waals surface area contributed by atoms with Crippen LogP contribution in [-0.2, 0) is 0 Å². The summed E-state index contributed by atoms with van der Waals surface area (Å²) in [5.74, 6) is 0. The first-order valence-corrected chi connectivity index (χ1v) is 8.17. The zero-order valence-corrected chi connectivity index (χ0v) is 13.9. The molecular weight excluding hydrogens is 336 g/mol. The molecule has 0 saturated carbocycles. The molecule has 0 N–H and O–H groups in total. The van der Waals surface area contributed by atoms with Crippen LogP contribution in [0.2, 0.25) is 0 Å². The van der Waals surface area contributed by atoms with Crippen molar-refractivity contribution >= 4 is 56.2 Å². The first-order chi connectivity index (χ1) is 11.7. The van der Waals surface area contributed by atoms with Crippen molar-refractivity contribution in [1.82, 2.24) is 19.9 Å². The third-order valence-corrected chi connectivity index (χ3v) is 4.93. The van der Waals surface area contributed by atoms with Gasteiger partial charge >= 0.3 is 0 Å². The van der Waals surface area contributed by atoms with Crippen LogP contribution in [0, 0.1) is 0 Å². The number of hydrogen-bond acceptors (Lipinski definition) is 6. The normalized spacial score (nSPS) is 13.2. The van der Waals surface area contributed by atoms with Gasteiger partial charge in [-0.2, -0.15) is 0 Å². The van der Waals surface area contributed by atoms with E-state index < -0.39 is 0 Å². The van der Waals surface area contributed by atoms with Crippen LogP contribution < -0.4 is 0 Å². The molecule has 2 heterocycles. The van der Waals surface area contributed by atoms with Crippen molar-refractivity contribution < 1.29 is 0 Å². The number of thiocarbonyl (C=S) groups is 2. The van der Waals surface area contributed by atoms with Crippen LogP contribution in [0.15, 0.2) is 48.5 Å². The predicted octanol–water partition coefficient (Wildman–Crippen LogP) is 3.69. The molecule has 1 aliphatic rings. The minimum Gasteiger partial charge on any atom is -0.243 e. The highest BCUT2D eigenvalue weighted by Gasteiger charge is 2.30. The first kappa shape index (κ1) is 13.7. The van der Waals surface area contributed by atoms with E-state index in [1.165, 1.54) is 0 Å². The molecule has 24 heavy (non-hydrogen) atoms. The molecule has 0 aliphatic heterocycles. The molecule has 0 spiro atoms. The van der Waals surface area contributed by atoms with E-state index in [9.17, 15) is 0 Å². The number of aromatic nitrogens is 4. The number of para-hydroxylation sites is 4. The second-order valence-corrected chi connectivity index (χ2v) is 6.29. The van der Waals surface area contributed by atoms with Gasteiger partial charge in [0.15, 0.2) is 0 Å². The Bertz CT molecular complexity index is 1100. The minimum absolute atomic E-state index is 0.510. The molecule has 0 atom stereocenters. The van der Waals surface area contributed by atoms with Crippen LogP contribution in [0.25, 0.3) is 33.5 Å². The van der Waals surface area contributed by atoms with E-state index in [-0.39, 0.29) is 0 Å². The smallest absolute Gasteiger partial charge is 0.119 e. The van der Waals surface area contributed by atoms with Crippen molar-refractivity contribution in [2.24, 2.45) is 0 Å².